The molecule has 1 heterocycles. The van der Waals surface area contributed by atoms with Crippen molar-refractivity contribution in [3.05, 3.63) is 58.4 Å². The Hall–Kier alpha value is -2.60. The van der Waals surface area contributed by atoms with Crippen molar-refractivity contribution in [2.75, 3.05) is 36.4 Å². The van der Waals surface area contributed by atoms with Crippen LogP contribution in [0.15, 0.2) is 36.4 Å². The Morgan fingerprint density at radius 3 is 2.38 bits per heavy atom. The van der Waals surface area contributed by atoms with Crippen LogP contribution < -0.4 is 10.2 Å². The van der Waals surface area contributed by atoms with Crippen molar-refractivity contribution in [3.63, 3.8) is 0 Å². The van der Waals surface area contributed by atoms with E-state index in [9.17, 15) is 14.0 Å². The van der Waals surface area contributed by atoms with Crippen molar-refractivity contribution in [3.8, 4) is 0 Å². The second-order valence-corrected chi connectivity index (χ2v) is 7.39. The minimum atomic E-state index is -0.434. The molecule has 0 spiro atoms. The molecular weight excluding hydrogens is 393 g/mol. The van der Waals surface area contributed by atoms with E-state index in [1.807, 2.05) is 18.7 Å². The summed E-state index contributed by atoms with van der Waals surface area (Å²) >= 11 is 6.27. The number of hydrogen-bond acceptors (Lipinski definition) is 3. The third-order valence-corrected chi connectivity index (χ3v) is 5.48. The molecule has 0 bridgehead atoms. The van der Waals surface area contributed by atoms with E-state index in [1.54, 1.807) is 29.2 Å². The summed E-state index contributed by atoms with van der Waals surface area (Å²) < 4.78 is 14.5. The van der Waals surface area contributed by atoms with Crippen molar-refractivity contribution in [2.45, 2.75) is 26.7 Å². The Bertz CT molecular complexity index is 909. The van der Waals surface area contributed by atoms with Crippen LogP contribution in [0, 0.1) is 5.82 Å². The number of halogens is 2. The first-order valence-electron chi connectivity index (χ1n) is 9.89. The molecule has 154 valence electrons. The standard InChI is InChI=1S/C22H25ClFN3O2/c1-3-26(4-2)22(29)17-9-8-16(14-18(17)23)25-21(28)15-7-10-20(19(24)13-15)27-11-5-6-12-27/h7-10,13-14H,3-6,11-12H2,1-2H3,(H,25,28). The van der Waals surface area contributed by atoms with Crippen LogP contribution in [0.1, 0.15) is 47.4 Å². The quantitative estimate of drug-likeness (QED) is 0.733. The Morgan fingerprint density at radius 1 is 1.10 bits per heavy atom. The lowest BCUT2D eigenvalue weighted by Gasteiger charge is -2.19. The summed E-state index contributed by atoms with van der Waals surface area (Å²) in [6, 6.07) is 9.26. The van der Waals surface area contributed by atoms with Crippen molar-refractivity contribution in [1.82, 2.24) is 4.90 Å². The SMILES string of the molecule is CCN(CC)C(=O)c1ccc(NC(=O)c2ccc(N3CCCC3)c(F)c2)cc1Cl. The van der Waals surface area contributed by atoms with Crippen molar-refractivity contribution in [2.24, 2.45) is 0 Å². The van der Waals surface area contributed by atoms with Gasteiger partial charge in [0.1, 0.15) is 5.82 Å². The Labute approximate surface area is 175 Å². The molecular formula is C22H25ClFN3O2. The molecule has 7 heteroatoms. The number of benzene rings is 2. The lowest BCUT2D eigenvalue weighted by Crippen LogP contribution is -2.30. The molecule has 2 aromatic rings. The maximum Gasteiger partial charge on any atom is 0.255 e. The summed E-state index contributed by atoms with van der Waals surface area (Å²) in [5, 5.41) is 2.97. The number of nitrogens with one attached hydrogen (secondary N) is 1. The zero-order valence-corrected chi connectivity index (χ0v) is 17.4. The predicted octanol–water partition coefficient (Wildman–Crippen LogP) is 4.81. The Morgan fingerprint density at radius 2 is 1.79 bits per heavy atom. The van der Waals surface area contributed by atoms with Gasteiger partial charge in [0.25, 0.3) is 11.8 Å². The zero-order valence-electron chi connectivity index (χ0n) is 16.7. The molecule has 0 aliphatic carbocycles. The summed E-state index contributed by atoms with van der Waals surface area (Å²) in [4.78, 5) is 28.6. The van der Waals surface area contributed by atoms with E-state index in [1.165, 1.54) is 12.1 Å². The number of amides is 2. The number of hydrogen-bond donors (Lipinski definition) is 1. The smallest absolute Gasteiger partial charge is 0.255 e. The van der Waals surface area contributed by atoms with Gasteiger partial charge in [0.2, 0.25) is 0 Å². The van der Waals surface area contributed by atoms with Crippen molar-refractivity contribution >= 4 is 34.8 Å². The van der Waals surface area contributed by atoms with E-state index in [4.69, 9.17) is 11.6 Å². The van der Waals surface area contributed by atoms with Crippen LogP contribution in [0.3, 0.4) is 0 Å². The van der Waals surface area contributed by atoms with Gasteiger partial charge in [-0.25, -0.2) is 4.39 Å². The molecule has 0 aromatic heterocycles. The van der Waals surface area contributed by atoms with Gasteiger partial charge in [-0.15, -0.1) is 0 Å². The summed E-state index contributed by atoms with van der Waals surface area (Å²) in [6.07, 6.45) is 2.10. The molecule has 1 N–H and O–H groups in total. The van der Waals surface area contributed by atoms with Crippen LogP contribution in [0.5, 0.6) is 0 Å². The first-order chi connectivity index (χ1) is 13.9. The monoisotopic (exact) mass is 417 g/mol. The molecule has 3 rings (SSSR count). The van der Waals surface area contributed by atoms with Gasteiger partial charge in [0.15, 0.2) is 0 Å². The van der Waals surface area contributed by atoms with Crippen molar-refractivity contribution in [1.29, 1.82) is 0 Å². The number of anilines is 2. The van der Waals surface area contributed by atoms with Crippen LogP contribution in [0.25, 0.3) is 0 Å². The average molecular weight is 418 g/mol. The molecule has 1 fully saturated rings. The van der Waals surface area contributed by atoms with E-state index in [0.29, 0.717) is 30.0 Å². The Kier molecular flexibility index (Phi) is 6.75. The fourth-order valence-electron chi connectivity index (χ4n) is 3.51. The Balaban J connectivity index is 1.73. The van der Waals surface area contributed by atoms with Gasteiger partial charge < -0.3 is 15.1 Å². The summed E-state index contributed by atoms with van der Waals surface area (Å²) in [7, 11) is 0. The van der Waals surface area contributed by atoms with Gasteiger partial charge in [-0.3, -0.25) is 9.59 Å². The highest BCUT2D eigenvalue weighted by Crippen LogP contribution is 2.26. The third-order valence-electron chi connectivity index (χ3n) is 5.16. The summed E-state index contributed by atoms with van der Waals surface area (Å²) in [5.41, 5.74) is 1.58. The maximum atomic E-state index is 14.5. The largest absolute Gasteiger partial charge is 0.369 e. The van der Waals surface area contributed by atoms with Crippen LogP contribution in [-0.4, -0.2) is 42.9 Å². The van der Waals surface area contributed by atoms with Crippen LogP contribution in [0.4, 0.5) is 15.8 Å². The van der Waals surface area contributed by atoms with Crippen molar-refractivity contribution < 1.29 is 14.0 Å². The predicted molar refractivity (Wildman–Crippen MR) is 115 cm³/mol. The molecule has 0 saturated carbocycles. The fourth-order valence-corrected chi connectivity index (χ4v) is 3.77. The van der Waals surface area contributed by atoms with E-state index >= 15 is 0 Å². The van der Waals surface area contributed by atoms with E-state index in [2.05, 4.69) is 5.32 Å². The number of carbonyl (C=O) groups excluding carboxylic acids is 2. The molecule has 1 aliphatic rings. The molecule has 1 aliphatic heterocycles. The van der Waals surface area contributed by atoms with Crippen LogP contribution >= 0.6 is 11.6 Å². The van der Waals surface area contributed by atoms with Gasteiger partial charge in [0.05, 0.1) is 16.3 Å². The van der Waals surface area contributed by atoms with Gasteiger partial charge in [0, 0.05) is 37.4 Å². The minimum absolute atomic E-state index is 0.155. The second-order valence-electron chi connectivity index (χ2n) is 6.99. The molecule has 2 aromatic carbocycles. The lowest BCUT2D eigenvalue weighted by molar-refractivity contribution is 0.0773. The number of carbonyl (C=O) groups is 2. The minimum Gasteiger partial charge on any atom is -0.369 e. The van der Waals surface area contributed by atoms with Gasteiger partial charge in [-0.05, 0) is 63.1 Å². The van der Waals surface area contributed by atoms with Crippen LogP contribution in [-0.2, 0) is 0 Å². The number of rotatable bonds is 6. The maximum absolute atomic E-state index is 14.5. The van der Waals surface area contributed by atoms with E-state index in [-0.39, 0.29) is 16.5 Å². The van der Waals surface area contributed by atoms with E-state index < -0.39 is 11.7 Å². The first kappa shape index (κ1) is 21.1. The zero-order chi connectivity index (χ0) is 21.0. The van der Waals surface area contributed by atoms with Gasteiger partial charge in [-0.1, -0.05) is 11.6 Å². The number of nitrogens with zero attached hydrogens (tertiary/aromatic N) is 2. The molecule has 2 amide bonds. The lowest BCUT2D eigenvalue weighted by atomic mass is 10.1. The topological polar surface area (TPSA) is 52.7 Å². The molecule has 5 nitrogen and oxygen atoms in total. The van der Waals surface area contributed by atoms with Crippen LogP contribution in [0.2, 0.25) is 5.02 Å². The highest BCUT2D eigenvalue weighted by atomic mass is 35.5. The molecule has 0 atom stereocenters. The van der Waals surface area contributed by atoms with Gasteiger partial charge in [-0.2, -0.15) is 0 Å². The average Bonchev–Trinajstić information content (AvgIpc) is 3.23. The molecule has 0 radical (unpaired) electrons. The molecule has 29 heavy (non-hydrogen) atoms. The normalized spacial score (nSPS) is 13.4. The van der Waals surface area contributed by atoms with E-state index in [0.717, 1.165) is 25.9 Å². The third kappa shape index (κ3) is 4.70. The molecule has 1 saturated heterocycles. The highest BCUT2D eigenvalue weighted by molar-refractivity contribution is 6.34. The summed E-state index contributed by atoms with van der Waals surface area (Å²) in [6.45, 7) is 6.64. The first-order valence-corrected chi connectivity index (χ1v) is 10.3. The second kappa shape index (κ2) is 9.27. The highest BCUT2D eigenvalue weighted by Gasteiger charge is 2.19. The molecule has 0 unspecified atom stereocenters. The fraction of sp³-hybridized carbons (Fsp3) is 0.364. The summed E-state index contributed by atoms with van der Waals surface area (Å²) in [5.74, 6) is -0.994. The van der Waals surface area contributed by atoms with Gasteiger partial charge >= 0.3 is 0 Å².